The van der Waals surface area contributed by atoms with Gasteiger partial charge in [-0.25, -0.2) is 4.98 Å². The second kappa shape index (κ2) is 7.97. The van der Waals surface area contributed by atoms with E-state index in [0.717, 1.165) is 31.2 Å². The van der Waals surface area contributed by atoms with Crippen molar-refractivity contribution in [3.05, 3.63) is 76.2 Å². The Labute approximate surface area is 164 Å². The molecule has 0 aliphatic heterocycles. The van der Waals surface area contributed by atoms with Crippen molar-refractivity contribution in [2.24, 2.45) is 0 Å². The summed E-state index contributed by atoms with van der Waals surface area (Å²) in [4.78, 5) is 31.8. The zero-order valence-electron chi connectivity index (χ0n) is 16.2. The Hall–Kier alpha value is -2.95. The Morgan fingerprint density at radius 3 is 2.71 bits per heavy atom. The molecule has 1 amide bonds. The minimum atomic E-state index is -0.238. The van der Waals surface area contributed by atoms with Crippen LogP contribution in [0.25, 0.3) is 11.0 Å². The summed E-state index contributed by atoms with van der Waals surface area (Å²) in [5.74, 6) is 0.00434. The molecule has 4 rings (SSSR count). The van der Waals surface area contributed by atoms with Crippen molar-refractivity contribution < 1.29 is 4.79 Å². The topological polar surface area (TPSA) is 55.2 Å². The van der Waals surface area contributed by atoms with Crippen LogP contribution in [0.1, 0.15) is 30.9 Å². The Bertz CT molecular complexity index is 1060. The summed E-state index contributed by atoms with van der Waals surface area (Å²) in [5, 5.41) is 0. The quantitative estimate of drug-likeness (QED) is 0.688. The molecule has 1 atom stereocenters. The molecule has 1 aromatic heterocycles. The van der Waals surface area contributed by atoms with Crippen LogP contribution in [0, 0.1) is 0 Å². The van der Waals surface area contributed by atoms with E-state index in [4.69, 9.17) is 0 Å². The van der Waals surface area contributed by atoms with Crippen LogP contribution in [0.3, 0.4) is 0 Å². The van der Waals surface area contributed by atoms with E-state index in [-0.39, 0.29) is 24.1 Å². The highest BCUT2D eigenvalue weighted by Gasteiger charge is 2.27. The summed E-state index contributed by atoms with van der Waals surface area (Å²) < 4.78 is 1.55. The van der Waals surface area contributed by atoms with E-state index in [1.165, 1.54) is 17.3 Å². The molecular formula is C23H25N3O2. The number of carbonyl (C=O) groups is 1. The van der Waals surface area contributed by atoms with Gasteiger partial charge in [0, 0.05) is 12.6 Å². The number of hydrogen-bond donors (Lipinski definition) is 0. The van der Waals surface area contributed by atoms with Crippen LogP contribution in [0.15, 0.2) is 59.5 Å². The Kier molecular flexibility index (Phi) is 5.24. The lowest BCUT2D eigenvalue weighted by molar-refractivity contribution is -0.134. The molecule has 0 fully saturated rings. The van der Waals surface area contributed by atoms with Gasteiger partial charge in [0.2, 0.25) is 5.91 Å². The minimum absolute atomic E-state index is 0.00434. The lowest BCUT2D eigenvalue weighted by Crippen LogP contribution is -2.46. The third kappa shape index (κ3) is 3.57. The molecule has 0 saturated carbocycles. The zero-order chi connectivity index (χ0) is 19.5. The molecule has 1 heterocycles. The molecule has 0 spiro atoms. The maximum absolute atomic E-state index is 13.3. The van der Waals surface area contributed by atoms with E-state index in [9.17, 15) is 9.59 Å². The van der Waals surface area contributed by atoms with Gasteiger partial charge in [-0.3, -0.25) is 14.2 Å². The molecule has 0 saturated heterocycles. The normalized spacial score (nSPS) is 16.0. The molecule has 1 aliphatic rings. The Morgan fingerprint density at radius 1 is 1.14 bits per heavy atom. The van der Waals surface area contributed by atoms with Crippen LogP contribution in [0.2, 0.25) is 0 Å². The molecular weight excluding hydrogens is 350 g/mol. The van der Waals surface area contributed by atoms with Gasteiger partial charge < -0.3 is 4.90 Å². The molecule has 144 valence electrons. The van der Waals surface area contributed by atoms with Crippen molar-refractivity contribution in [1.29, 1.82) is 0 Å². The van der Waals surface area contributed by atoms with Crippen molar-refractivity contribution in [3.8, 4) is 0 Å². The third-order valence-electron chi connectivity index (χ3n) is 5.59. The Balaban J connectivity index is 1.61. The highest BCUT2D eigenvalue weighted by atomic mass is 16.2. The standard InChI is InChI=1S/C23H25N3O2/c1-2-13-25(19-12-11-17-7-3-4-8-18(17)14-19)23(28)16-26-21-10-6-5-9-20(21)24-15-22(26)27/h3-10,15,19H,2,11-14,16H2,1H3. The number of aryl methyl sites for hydroxylation is 1. The van der Waals surface area contributed by atoms with Gasteiger partial charge in [0.15, 0.2) is 0 Å². The molecule has 0 N–H and O–H groups in total. The van der Waals surface area contributed by atoms with Crippen LogP contribution >= 0.6 is 0 Å². The van der Waals surface area contributed by atoms with Crippen molar-refractivity contribution in [2.45, 2.75) is 45.2 Å². The summed E-state index contributed by atoms with van der Waals surface area (Å²) in [5.41, 5.74) is 3.91. The zero-order valence-corrected chi connectivity index (χ0v) is 16.2. The maximum atomic E-state index is 13.3. The highest BCUT2D eigenvalue weighted by molar-refractivity contribution is 5.80. The summed E-state index contributed by atoms with van der Waals surface area (Å²) >= 11 is 0. The number of carbonyl (C=O) groups excluding carboxylic acids is 1. The average Bonchev–Trinajstić information content (AvgIpc) is 2.73. The van der Waals surface area contributed by atoms with Crippen molar-refractivity contribution >= 4 is 16.9 Å². The van der Waals surface area contributed by atoms with E-state index >= 15 is 0 Å². The Morgan fingerprint density at radius 2 is 1.89 bits per heavy atom. The number of fused-ring (bicyclic) bond motifs is 2. The maximum Gasteiger partial charge on any atom is 0.269 e. The predicted molar refractivity (Wildman–Crippen MR) is 110 cm³/mol. The molecule has 0 radical (unpaired) electrons. The highest BCUT2D eigenvalue weighted by Crippen LogP contribution is 2.25. The number of benzene rings is 2. The van der Waals surface area contributed by atoms with Gasteiger partial charge in [-0.05, 0) is 48.9 Å². The van der Waals surface area contributed by atoms with Gasteiger partial charge in [-0.15, -0.1) is 0 Å². The molecule has 0 bridgehead atoms. The van der Waals surface area contributed by atoms with Crippen LogP contribution in [0.5, 0.6) is 0 Å². The summed E-state index contributed by atoms with van der Waals surface area (Å²) in [6.07, 6.45) is 5.04. The molecule has 2 aromatic carbocycles. The largest absolute Gasteiger partial charge is 0.338 e. The van der Waals surface area contributed by atoms with Crippen LogP contribution in [0.4, 0.5) is 0 Å². The van der Waals surface area contributed by atoms with E-state index in [0.29, 0.717) is 12.1 Å². The first-order valence-corrected chi connectivity index (χ1v) is 9.98. The summed E-state index contributed by atoms with van der Waals surface area (Å²) in [6.45, 7) is 2.86. The van der Waals surface area contributed by atoms with Crippen molar-refractivity contribution in [2.75, 3.05) is 6.54 Å². The molecule has 5 heteroatoms. The van der Waals surface area contributed by atoms with E-state index in [1.807, 2.05) is 29.2 Å². The SMILES string of the molecule is CCCN(C(=O)Cn1c(=O)cnc2ccccc21)C1CCc2ccccc2C1. The first kappa shape index (κ1) is 18.4. The first-order chi connectivity index (χ1) is 13.7. The lowest BCUT2D eigenvalue weighted by atomic mass is 9.87. The molecule has 1 aliphatic carbocycles. The van der Waals surface area contributed by atoms with Gasteiger partial charge in [-0.1, -0.05) is 43.3 Å². The monoisotopic (exact) mass is 375 g/mol. The third-order valence-corrected chi connectivity index (χ3v) is 5.59. The second-order valence-corrected chi connectivity index (χ2v) is 7.42. The van der Waals surface area contributed by atoms with Gasteiger partial charge in [-0.2, -0.15) is 0 Å². The van der Waals surface area contributed by atoms with E-state index in [2.05, 4.69) is 36.2 Å². The van der Waals surface area contributed by atoms with Crippen molar-refractivity contribution in [1.82, 2.24) is 14.5 Å². The number of rotatable bonds is 5. The first-order valence-electron chi connectivity index (χ1n) is 9.98. The van der Waals surface area contributed by atoms with Crippen LogP contribution in [-0.2, 0) is 24.2 Å². The van der Waals surface area contributed by atoms with E-state index < -0.39 is 0 Å². The van der Waals surface area contributed by atoms with Crippen LogP contribution < -0.4 is 5.56 Å². The van der Waals surface area contributed by atoms with Gasteiger partial charge in [0.25, 0.3) is 5.56 Å². The molecule has 5 nitrogen and oxygen atoms in total. The van der Waals surface area contributed by atoms with E-state index in [1.54, 1.807) is 4.57 Å². The summed E-state index contributed by atoms with van der Waals surface area (Å²) in [6, 6.07) is 16.1. The fraction of sp³-hybridized carbons (Fsp3) is 0.348. The number of aromatic nitrogens is 2. The van der Waals surface area contributed by atoms with Gasteiger partial charge in [0.05, 0.1) is 17.2 Å². The fourth-order valence-corrected chi connectivity index (χ4v) is 4.20. The van der Waals surface area contributed by atoms with Crippen molar-refractivity contribution in [3.63, 3.8) is 0 Å². The minimum Gasteiger partial charge on any atom is -0.338 e. The second-order valence-electron chi connectivity index (χ2n) is 7.42. The molecule has 28 heavy (non-hydrogen) atoms. The van der Waals surface area contributed by atoms with Crippen LogP contribution in [-0.4, -0.2) is 32.9 Å². The predicted octanol–water partition coefficient (Wildman–Crippen LogP) is 3.19. The molecule has 1 unspecified atom stereocenters. The van der Waals surface area contributed by atoms with Gasteiger partial charge >= 0.3 is 0 Å². The number of nitrogens with zero attached hydrogens (tertiary/aromatic N) is 3. The summed E-state index contributed by atoms with van der Waals surface area (Å²) in [7, 11) is 0. The number of hydrogen-bond acceptors (Lipinski definition) is 3. The average molecular weight is 375 g/mol. The number of amides is 1. The fourth-order valence-electron chi connectivity index (χ4n) is 4.20. The lowest BCUT2D eigenvalue weighted by Gasteiger charge is -2.35. The number of para-hydroxylation sites is 2. The molecule has 3 aromatic rings. The smallest absolute Gasteiger partial charge is 0.269 e. The van der Waals surface area contributed by atoms with Gasteiger partial charge in [0.1, 0.15) is 6.54 Å².